The van der Waals surface area contributed by atoms with Crippen LogP contribution in [0, 0.1) is 0 Å². The standard InChI is InChI=1S/C18H24N4O3/c1-13(12-22-7-9-25-10-8-22)19-17(23)11-16-14-5-3-4-6-15(14)18(24)21(2)20-16/h3-6,13H,7-12H2,1-2H3,(H,19,23)/t13-/m1/s1. The van der Waals surface area contributed by atoms with E-state index in [0.29, 0.717) is 11.1 Å². The van der Waals surface area contributed by atoms with Crippen LogP contribution in [-0.4, -0.2) is 59.5 Å². The zero-order chi connectivity index (χ0) is 17.8. The molecule has 0 bridgehead atoms. The number of fused-ring (bicyclic) bond motifs is 1. The van der Waals surface area contributed by atoms with Crippen LogP contribution < -0.4 is 10.9 Å². The van der Waals surface area contributed by atoms with Gasteiger partial charge in [-0.25, -0.2) is 4.68 Å². The molecule has 7 heteroatoms. The van der Waals surface area contributed by atoms with Crippen LogP contribution in [0.1, 0.15) is 12.6 Å². The van der Waals surface area contributed by atoms with Gasteiger partial charge in [-0.2, -0.15) is 5.10 Å². The quantitative estimate of drug-likeness (QED) is 0.845. The Hall–Kier alpha value is -2.25. The van der Waals surface area contributed by atoms with Gasteiger partial charge in [0.05, 0.1) is 30.7 Å². The molecule has 1 aliphatic rings. The molecule has 1 aliphatic heterocycles. The van der Waals surface area contributed by atoms with Crippen molar-refractivity contribution in [3.05, 3.63) is 40.3 Å². The third kappa shape index (κ3) is 4.24. The highest BCUT2D eigenvalue weighted by Crippen LogP contribution is 2.13. The largest absolute Gasteiger partial charge is 0.379 e. The lowest BCUT2D eigenvalue weighted by molar-refractivity contribution is -0.121. The highest BCUT2D eigenvalue weighted by Gasteiger charge is 2.17. The molecule has 0 spiro atoms. The van der Waals surface area contributed by atoms with Gasteiger partial charge in [-0.05, 0) is 13.0 Å². The van der Waals surface area contributed by atoms with Crippen molar-refractivity contribution in [3.8, 4) is 0 Å². The van der Waals surface area contributed by atoms with Crippen LogP contribution in [0.25, 0.3) is 10.8 Å². The Kier molecular flexibility index (Phi) is 5.45. The molecular weight excluding hydrogens is 320 g/mol. The second-order valence-corrected chi connectivity index (χ2v) is 6.48. The SMILES string of the molecule is C[C@H](CN1CCOCC1)NC(=O)Cc1nn(C)c(=O)c2ccccc12. The molecule has 1 aromatic carbocycles. The monoisotopic (exact) mass is 344 g/mol. The smallest absolute Gasteiger partial charge is 0.274 e. The van der Waals surface area contributed by atoms with Crippen molar-refractivity contribution in [1.82, 2.24) is 20.0 Å². The number of ether oxygens (including phenoxy) is 1. The van der Waals surface area contributed by atoms with Crippen molar-refractivity contribution < 1.29 is 9.53 Å². The molecule has 7 nitrogen and oxygen atoms in total. The Morgan fingerprint density at radius 2 is 1.96 bits per heavy atom. The summed E-state index contributed by atoms with van der Waals surface area (Å²) in [7, 11) is 1.61. The van der Waals surface area contributed by atoms with Gasteiger partial charge in [0.25, 0.3) is 5.56 Å². The fourth-order valence-corrected chi connectivity index (χ4v) is 3.20. The summed E-state index contributed by atoms with van der Waals surface area (Å²) in [5, 5.41) is 8.63. The van der Waals surface area contributed by atoms with Crippen molar-refractivity contribution in [2.75, 3.05) is 32.8 Å². The Balaban J connectivity index is 1.67. The molecule has 1 fully saturated rings. The minimum Gasteiger partial charge on any atom is -0.379 e. The van der Waals surface area contributed by atoms with Gasteiger partial charge in [0.15, 0.2) is 0 Å². The minimum atomic E-state index is -0.152. The van der Waals surface area contributed by atoms with Gasteiger partial charge in [0.2, 0.25) is 5.91 Å². The molecule has 0 saturated carbocycles. The molecule has 0 aliphatic carbocycles. The molecule has 1 N–H and O–H groups in total. The summed E-state index contributed by atoms with van der Waals surface area (Å²) < 4.78 is 6.63. The molecule has 25 heavy (non-hydrogen) atoms. The van der Waals surface area contributed by atoms with Gasteiger partial charge in [-0.15, -0.1) is 0 Å². The Labute approximate surface area is 146 Å². The molecule has 0 unspecified atom stereocenters. The lowest BCUT2D eigenvalue weighted by atomic mass is 10.1. The third-order valence-electron chi connectivity index (χ3n) is 4.40. The van der Waals surface area contributed by atoms with Crippen molar-refractivity contribution in [2.24, 2.45) is 7.05 Å². The number of carbonyl (C=O) groups excluding carboxylic acids is 1. The summed E-state index contributed by atoms with van der Waals surface area (Å²) in [5.74, 6) is -0.0861. The minimum absolute atomic E-state index is 0.0457. The second kappa shape index (κ2) is 7.76. The van der Waals surface area contributed by atoms with E-state index in [-0.39, 0.29) is 23.9 Å². The first kappa shape index (κ1) is 17.6. The third-order valence-corrected chi connectivity index (χ3v) is 4.40. The Morgan fingerprint density at radius 1 is 1.28 bits per heavy atom. The molecule has 134 valence electrons. The number of hydrogen-bond acceptors (Lipinski definition) is 5. The number of morpholine rings is 1. The van der Waals surface area contributed by atoms with E-state index in [4.69, 9.17) is 4.74 Å². The average Bonchev–Trinajstić information content (AvgIpc) is 2.60. The normalized spacial score (nSPS) is 16.7. The maximum absolute atomic E-state index is 12.4. The van der Waals surface area contributed by atoms with E-state index in [9.17, 15) is 9.59 Å². The van der Waals surface area contributed by atoms with Crippen LogP contribution in [0.5, 0.6) is 0 Å². The van der Waals surface area contributed by atoms with Crippen molar-refractivity contribution in [1.29, 1.82) is 0 Å². The lowest BCUT2D eigenvalue weighted by Crippen LogP contribution is -2.46. The van der Waals surface area contributed by atoms with Crippen LogP contribution in [0.15, 0.2) is 29.1 Å². The number of aryl methyl sites for hydroxylation is 1. The molecular formula is C18H24N4O3. The molecule has 3 rings (SSSR count). The number of rotatable bonds is 5. The molecule has 0 radical (unpaired) electrons. The van der Waals surface area contributed by atoms with E-state index in [2.05, 4.69) is 15.3 Å². The second-order valence-electron chi connectivity index (χ2n) is 6.48. The fraction of sp³-hybridized carbons (Fsp3) is 0.500. The van der Waals surface area contributed by atoms with Gasteiger partial charge >= 0.3 is 0 Å². The van der Waals surface area contributed by atoms with Gasteiger partial charge in [0, 0.05) is 38.1 Å². The van der Waals surface area contributed by atoms with E-state index >= 15 is 0 Å². The average molecular weight is 344 g/mol. The van der Waals surface area contributed by atoms with E-state index in [0.717, 1.165) is 38.2 Å². The molecule has 2 aromatic rings. The number of nitrogens with one attached hydrogen (secondary N) is 1. The maximum atomic E-state index is 12.4. The fourth-order valence-electron chi connectivity index (χ4n) is 3.20. The van der Waals surface area contributed by atoms with Gasteiger partial charge in [-0.1, -0.05) is 18.2 Å². The summed E-state index contributed by atoms with van der Waals surface area (Å²) in [6.45, 7) is 6.08. The first-order valence-corrected chi connectivity index (χ1v) is 8.59. The number of nitrogens with zero attached hydrogens (tertiary/aromatic N) is 3. The van der Waals surface area contributed by atoms with Gasteiger partial charge in [-0.3, -0.25) is 14.5 Å². The van der Waals surface area contributed by atoms with Gasteiger partial charge < -0.3 is 10.1 Å². The van der Waals surface area contributed by atoms with E-state index in [1.165, 1.54) is 4.68 Å². The molecule has 1 saturated heterocycles. The van der Waals surface area contributed by atoms with Gasteiger partial charge in [0.1, 0.15) is 0 Å². The van der Waals surface area contributed by atoms with E-state index < -0.39 is 0 Å². The molecule has 1 amide bonds. The summed E-state index contributed by atoms with van der Waals surface area (Å²) in [5.41, 5.74) is 0.467. The zero-order valence-electron chi connectivity index (χ0n) is 14.7. The van der Waals surface area contributed by atoms with Crippen molar-refractivity contribution in [3.63, 3.8) is 0 Å². The predicted octanol–water partition coefficient (Wildman–Crippen LogP) is 0.313. The highest BCUT2D eigenvalue weighted by atomic mass is 16.5. The summed E-state index contributed by atoms with van der Waals surface area (Å²) >= 11 is 0. The number of carbonyl (C=O) groups is 1. The molecule has 2 heterocycles. The lowest BCUT2D eigenvalue weighted by Gasteiger charge is -2.29. The van der Waals surface area contributed by atoms with Crippen LogP contribution in [0.4, 0.5) is 0 Å². The van der Waals surface area contributed by atoms with Crippen LogP contribution >= 0.6 is 0 Å². The highest BCUT2D eigenvalue weighted by molar-refractivity contribution is 5.88. The van der Waals surface area contributed by atoms with Crippen LogP contribution in [0.3, 0.4) is 0 Å². The number of amides is 1. The Bertz CT molecular complexity index is 812. The summed E-state index contributed by atoms with van der Waals surface area (Å²) in [6, 6.07) is 7.32. The zero-order valence-corrected chi connectivity index (χ0v) is 14.7. The van der Waals surface area contributed by atoms with Crippen LogP contribution in [0.2, 0.25) is 0 Å². The summed E-state index contributed by atoms with van der Waals surface area (Å²) in [4.78, 5) is 26.9. The Morgan fingerprint density at radius 3 is 2.68 bits per heavy atom. The van der Waals surface area contributed by atoms with E-state index in [1.807, 2.05) is 25.1 Å². The van der Waals surface area contributed by atoms with Crippen molar-refractivity contribution >= 4 is 16.7 Å². The number of hydrogen-bond donors (Lipinski definition) is 1. The van der Waals surface area contributed by atoms with Crippen molar-refractivity contribution in [2.45, 2.75) is 19.4 Å². The molecule has 1 aromatic heterocycles. The predicted molar refractivity (Wildman–Crippen MR) is 95.6 cm³/mol. The van der Waals surface area contributed by atoms with E-state index in [1.54, 1.807) is 13.1 Å². The molecule has 1 atom stereocenters. The number of benzene rings is 1. The van der Waals surface area contributed by atoms with Crippen LogP contribution in [-0.2, 0) is 23.0 Å². The topological polar surface area (TPSA) is 76.5 Å². The first-order valence-electron chi connectivity index (χ1n) is 8.59. The summed E-state index contributed by atoms with van der Waals surface area (Å²) in [6.07, 6.45) is 0.155. The first-order chi connectivity index (χ1) is 12.0. The number of aromatic nitrogens is 2. The maximum Gasteiger partial charge on any atom is 0.274 e.